The van der Waals surface area contributed by atoms with Gasteiger partial charge in [0.05, 0.1) is 0 Å². The van der Waals surface area contributed by atoms with E-state index in [1.54, 1.807) is 0 Å². The van der Waals surface area contributed by atoms with Crippen molar-refractivity contribution in [2.75, 3.05) is 0 Å². The van der Waals surface area contributed by atoms with Gasteiger partial charge in [0, 0.05) is 0 Å². The average molecular weight is 431 g/mol. The summed E-state index contributed by atoms with van der Waals surface area (Å²) in [4.78, 5) is 0. The molecule has 166 valence electrons. The predicted molar refractivity (Wildman–Crippen MR) is 141 cm³/mol. The van der Waals surface area contributed by atoms with Gasteiger partial charge in [-0.2, -0.15) is 0 Å². The maximum absolute atomic E-state index is 2.49. The van der Waals surface area contributed by atoms with E-state index >= 15 is 0 Å². The van der Waals surface area contributed by atoms with Crippen LogP contribution in [-0.2, 0) is 32.1 Å². The molecule has 0 bridgehead atoms. The van der Waals surface area contributed by atoms with Crippen molar-refractivity contribution in [3.8, 4) is 11.1 Å². The molecular weight excluding hydrogens is 396 g/mol. The van der Waals surface area contributed by atoms with Crippen LogP contribution in [0.15, 0.2) is 97.1 Å². The molecule has 0 aromatic heterocycles. The molecule has 0 aliphatic heterocycles. The standard InChI is InChI=1S/C33H34/c1-2-3-9-27-18-21-33-31(22-27)24-30(23-29-12-7-8-13-32(29)33)28-19-16-26(17-20-28)15-14-25-10-5-4-6-11-25/h4-8,10-13,16-22,30H,2-3,9,14-15,23-24H2,1H3. The number of rotatable bonds is 7. The van der Waals surface area contributed by atoms with Gasteiger partial charge in [-0.1, -0.05) is 110 Å². The highest BCUT2D eigenvalue weighted by Crippen LogP contribution is 2.38. The number of fused-ring (bicyclic) bond motifs is 3. The molecule has 4 aromatic carbocycles. The normalized spacial score (nSPS) is 14.9. The molecule has 33 heavy (non-hydrogen) atoms. The lowest BCUT2D eigenvalue weighted by Gasteiger charge is -2.17. The molecule has 0 N–H and O–H groups in total. The zero-order chi connectivity index (χ0) is 22.5. The predicted octanol–water partition coefficient (Wildman–Crippen LogP) is 8.36. The monoisotopic (exact) mass is 430 g/mol. The Morgan fingerprint density at radius 3 is 2.00 bits per heavy atom. The van der Waals surface area contributed by atoms with Crippen LogP contribution in [0.25, 0.3) is 11.1 Å². The Morgan fingerprint density at radius 2 is 1.21 bits per heavy atom. The second kappa shape index (κ2) is 10.2. The molecule has 4 aromatic rings. The van der Waals surface area contributed by atoms with Crippen LogP contribution in [0.4, 0.5) is 0 Å². The van der Waals surface area contributed by atoms with E-state index in [1.165, 1.54) is 63.8 Å². The molecule has 0 amide bonds. The summed E-state index contributed by atoms with van der Waals surface area (Å²) in [5.74, 6) is 0.525. The van der Waals surface area contributed by atoms with E-state index in [4.69, 9.17) is 0 Å². The third kappa shape index (κ3) is 5.11. The second-order valence-corrected chi connectivity index (χ2v) is 9.58. The molecule has 1 aliphatic carbocycles. The smallest absolute Gasteiger partial charge is 0.00806 e. The summed E-state index contributed by atoms with van der Waals surface area (Å²) >= 11 is 0. The van der Waals surface area contributed by atoms with Gasteiger partial charge in [-0.25, -0.2) is 0 Å². The van der Waals surface area contributed by atoms with Gasteiger partial charge < -0.3 is 0 Å². The lowest BCUT2D eigenvalue weighted by molar-refractivity contribution is 0.687. The average Bonchev–Trinajstić information content (AvgIpc) is 3.03. The van der Waals surface area contributed by atoms with Crippen LogP contribution in [0.1, 0.15) is 59.1 Å². The molecule has 5 rings (SSSR count). The lowest BCUT2D eigenvalue weighted by Crippen LogP contribution is -2.06. The Kier molecular flexibility index (Phi) is 6.72. The quantitative estimate of drug-likeness (QED) is 0.276. The Bertz CT molecular complexity index is 1180. The van der Waals surface area contributed by atoms with Crippen LogP contribution in [-0.4, -0.2) is 0 Å². The number of hydrogen-bond donors (Lipinski definition) is 0. The van der Waals surface area contributed by atoms with Crippen molar-refractivity contribution in [1.29, 1.82) is 0 Å². The molecule has 0 saturated carbocycles. The molecule has 0 heterocycles. The Morgan fingerprint density at radius 1 is 0.576 bits per heavy atom. The zero-order valence-electron chi connectivity index (χ0n) is 19.8. The number of aryl methyl sites for hydroxylation is 3. The molecule has 1 aliphatic rings. The van der Waals surface area contributed by atoms with Crippen molar-refractivity contribution in [3.05, 3.63) is 130 Å². The molecular formula is C33H34. The number of hydrogen-bond acceptors (Lipinski definition) is 0. The van der Waals surface area contributed by atoms with Gasteiger partial charge in [0.1, 0.15) is 0 Å². The van der Waals surface area contributed by atoms with Crippen LogP contribution in [0.2, 0.25) is 0 Å². The molecule has 1 unspecified atom stereocenters. The third-order valence-electron chi connectivity index (χ3n) is 7.23. The van der Waals surface area contributed by atoms with Crippen molar-refractivity contribution < 1.29 is 0 Å². The zero-order valence-corrected chi connectivity index (χ0v) is 19.8. The largest absolute Gasteiger partial charge is 0.0654 e. The van der Waals surface area contributed by atoms with Gasteiger partial charge >= 0.3 is 0 Å². The Labute approximate surface area is 199 Å². The Balaban J connectivity index is 1.39. The maximum atomic E-state index is 2.49. The van der Waals surface area contributed by atoms with Crippen molar-refractivity contribution in [3.63, 3.8) is 0 Å². The first-order valence-electron chi connectivity index (χ1n) is 12.6. The fraction of sp³-hybridized carbons (Fsp3) is 0.273. The molecule has 0 spiro atoms. The highest BCUT2D eigenvalue weighted by atomic mass is 14.3. The molecule has 1 atom stereocenters. The summed E-state index contributed by atoms with van der Waals surface area (Å²) in [6.45, 7) is 2.28. The van der Waals surface area contributed by atoms with E-state index < -0.39 is 0 Å². The summed E-state index contributed by atoms with van der Waals surface area (Å²) in [5.41, 5.74) is 11.7. The van der Waals surface area contributed by atoms with Gasteiger partial charge in [-0.3, -0.25) is 0 Å². The highest BCUT2D eigenvalue weighted by Gasteiger charge is 2.22. The summed E-state index contributed by atoms with van der Waals surface area (Å²) in [5, 5.41) is 0. The lowest BCUT2D eigenvalue weighted by atomic mass is 9.87. The van der Waals surface area contributed by atoms with Crippen molar-refractivity contribution in [2.24, 2.45) is 0 Å². The molecule has 0 nitrogen and oxygen atoms in total. The molecule has 0 fully saturated rings. The van der Waals surface area contributed by atoms with Crippen LogP contribution < -0.4 is 0 Å². The first-order chi connectivity index (χ1) is 16.3. The van der Waals surface area contributed by atoms with Gasteiger partial charge in [0.15, 0.2) is 0 Å². The highest BCUT2D eigenvalue weighted by molar-refractivity contribution is 5.72. The van der Waals surface area contributed by atoms with Crippen LogP contribution in [0.3, 0.4) is 0 Å². The minimum atomic E-state index is 0.525. The van der Waals surface area contributed by atoms with Gasteiger partial charge in [0.25, 0.3) is 0 Å². The molecule has 0 heteroatoms. The first kappa shape index (κ1) is 21.7. The SMILES string of the molecule is CCCCc1ccc2c(c1)CC(c1ccc(CCc3ccccc3)cc1)Cc1ccccc1-2. The summed E-state index contributed by atoms with van der Waals surface area (Å²) < 4.78 is 0. The minimum absolute atomic E-state index is 0.525. The number of unbranched alkanes of at least 4 members (excludes halogenated alkanes) is 1. The summed E-state index contributed by atoms with van der Waals surface area (Å²) in [6.07, 6.45) is 8.13. The van der Waals surface area contributed by atoms with E-state index in [0.717, 1.165) is 25.7 Å². The van der Waals surface area contributed by atoms with E-state index in [1.807, 2.05) is 0 Å². The van der Waals surface area contributed by atoms with Crippen molar-refractivity contribution in [2.45, 2.75) is 57.8 Å². The molecule has 0 radical (unpaired) electrons. The van der Waals surface area contributed by atoms with Crippen LogP contribution in [0.5, 0.6) is 0 Å². The number of benzene rings is 4. The van der Waals surface area contributed by atoms with Crippen molar-refractivity contribution in [1.82, 2.24) is 0 Å². The summed E-state index contributed by atoms with van der Waals surface area (Å²) in [6, 6.07) is 36.6. The van der Waals surface area contributed by atoms with E-state index in [0.29, 0.717) is 5.92 Å². The summed E-state index contributed by atoms with van der Waals surface area (Å²) in [7, 11) is 0. The minimum Gasteiger partial charge on any atom is -0.0654 e. The fourth-order valence-electron chi connectivity index (χ4n) is 5.30. The van der Waals surface area contributed by atoms with Crippen LogP contribution in [0, 0.1) is 0 Å². The van der Waals surface area contributed by atoms with Gasteiger partial charge in [0.2, 0.25) is 0 Å². The third-order valence-corrected chi connectivity index (χ3v) is 7.23. The van der Waals surface area contributed by atoms with Gasteiger partial charge in [-0.15, -0.1) is 0 Å². The fourth-order valence-corrected chi connectivity index (χ4v) is 5.30. The van der Waals surface area contributed by atoms with Gasteiger partial charge in [-0.05, 0) is 89.0 Å². The van der Waals surface area contributed by atoms with E-state index in [2.05, 4.69) is 104 Å². The van der Waals surface area contributed by atoms with Crippen molar-refractivity contribution >= 4 is 0 Å². The van der Waals surface area contributed by atoms with Crippen LogP contribution >= 0.6 is 0 Å². The topological polar surface area (TPSA) is 0 Å². The van der Waals surface area contributed by atoms with E-state index in [9.17, 15) is 0 Å². The first-order valence-corrected chi connectivity index (χ1v) is 12.6. The Hall–Kier alpha value is -3.12. The van der Waals surface area contributed by atoms with E-state index in [-0.39, 0.29) is 0 Å². The maximum Gasteiger partial charge on any atom is -0.00806 e. The molecule has 0 saturated heterocycles. The second-order valence-electron chi connectivity index (χ2n) is 9.58.